The second-order valence-corrected chi connectivity index (χ2v) is 10.2. The van der Waals surface area contributed by atoms with Crippen LogP contribution in [0.1, 0.15) is 79.6 Å². The van der Waals surface area contributed by atoms with E-state index in [1.807, 2.05) is 13.8 Å². The number of hydrogen-bond donors (Lipinski definition) is 2. The highest BCUT2D eigenvalue weighted by atomic mass is 16.4. The summed E-state index contributed by atoms with van der Waals surface area (Å²) in [6, 6.07) is -0.823. The van der Waals surface area contributed by atoms with Crippen LogP contribution in [0.25, 0.3) is 0 Å². The quantitative estimate of drug-likeness (QED) is 0.526. The summed E-state index contributed by atoms with van der Waals surface area (Å²) < 4.78 is 0. The standard InChI is InChI=1S/C25H43N3O4/c1-16(2)21(15-18(5)25(31)32)27(6)24(30)22(19-11-7-8-12-19)26-23(29)20-13-9-10-14-28(20)17(3)4/h15-17,19-22H,7-14H2,1-6H3,(H,26,29)(H,31,32)/b18-15+/t20-,21?,22?/m1/s1. The first kappa shape index (κ1) is 26.4. The van der Waals surface area contributed by atoms with Gasteiger partial charge >= 0.3 is 5.97 Å². The van der Waals surface area contributed by atoms with Gasteiger partial charge in [0.25, 0.3) is 0 Å². The van der Waals surface area contributed by atoms with E-state index in [1.54, 1.807) is 24.9 Å². The SMILES string of the molecule is C/C(=C\C(C(C)C)N(C)C(=O)C(NC(=O)[C@H]1CCCCN1C(C)C)C1CCCC1)C(=O)O. The summed E-state index contributed by atoms with van der Waals surface area (Å²) in [6.07, 6.45) is 8.60. The number of likely N-dealkylation sites (N-methyl/N-ethyl adjacent to an activating group) is 1. The van der Waals surface area contributed by atoms with Crippen molar-refractivity contribution in [2.24, 2.45) is 11.8 Å². The number of carboxylic acids is 1. The smallest absolute Gasteiger partial charge is 0.331 e. The van der Waals surface area contributed by atoms with Crippen LogP contribution in [-0.4, -0.2) is 70.4 Å². The Morgan fingerprint density at radius 2 is 1.62 bits per heavy atom. The maximum absolute atomic E-state index is 13.7. The molecule has 2 N–H and O–H groups in total. The predicted octanol–water partition coefficient (Wildman–Crippen LogP) is 3.44. The van der Waals surface area contributed by atoms with Crippen LogP contribution in [0.3, 0.4) is 0 Å². The van der Waals surface area contributed by atoms with Gasteiger partial charge in [0.1, 0.15) is 6.04 Å². The maximum atomic E-state index is 13.7. The van der Waals surface area contributed by atoms with Gasteiger partial charge in [-0.15, -0.1) is 0 Å². The molecule has 1 saturated carbocycles. The number of likely N-dealkylation sites (tertiary alicyclic amines) is 1. The normalized spacial score (nSPS) is 22.8. The lowest BCUT2D eigenvalue weighted by atomic mass is 9.93. The van der Waals surface area contributed by atoms with Crippen molar-refractivity contribution in [1.29, 1.82) is 0 Å². The molecule has 182 valence electrons. The van der Waals surface area contributed by atoms with Crippen molar-refractivity contribution in [1.82, 2.24) is 15.1 Å². The van der Waals surface area contributed by atoms with E-state index < -0.39 is 12.0 Å². The van der Waals surface area contributed by atoms with Gasteiger partial charge in [0.15, 0.2) is 0 Å². The maximum Gasteiger partial charge on any atom is 0.331 e. The molecule has 2 rings (SSSR count). The summed E-state index contributed by atoms with van der Waals surface area (Å²) >= 11 is 0. The third-order valence-corrected chi connectivity index (χ3v) is 7.18. The summed E-state index contributed by atoms with van der Waals surface area (Å²) in [4.78, 5) is 42.3. The van der Waals surface area contributed by atoms with Crippen molar-refractivity contribution in [2.45, 2.75) is 104 Å². The van der Waals surface area contributed by atoms with Crippen LogP contribution in [-0.2, 0) is 14.4 Å². The van der Waals surface area contributed by atoms with E-state index in [2.05, 4.69) is 24.1 Å². The molecule has 2 aliphatic rings. The fourth-order valence-electron chi connectivity index (χ4n) is 5.22. The minimum absolute atomic E-state index is 0.0459. The summed E-state index contributed by atoms with van der Waals surface area (Å²) in [6.45, 7) is 10.6. The van der Waals surface area contributed by atoms with Crippen LogP contribution in [0.5, 0.6) is 0 Å². The summed E-state index contributed by atoms with van der Waals surface area (Å²) in [5, 5.41) is 12.5. The summed E-state index contributed by atoms with van der Waals surface area (Å²) in [5.41, 5.74) is 0.222. The number of rotatable bonds is 9. The Morgan fingerprint density at radius 1 is 1.03 bits per heavy atom. The zero-order valence-electron chi connectivity index (χ0n) is 20.8. The molecule has 0 aromatic carbocycles. The third-order valence-electron chi connectivity index (χ3n) is 7.18. The first-order chi connectivity index (χ1) is 15.0. The second kappa shape index (κ2) is 11.8. The molecule has 0 spiro atoms. The molecule has 3 atom stereocenters. The molecule has 0 bridgehead atoms. The molecular weight excluding hydrogens is 406 g/mol. The Balaban J connectivity index is 2.25. The third kappa shape index (κ3) is 6.56. The molecular formula is C25H43N3O4. The topological polar surface area (TPSA) is 90.0 Å². The van der Waals surface area contributed by atoms with Crippen LogP contribution in [0.4, 0.5) is 0 Å². The van der Waals surface area contributed by atoms with Gasteiger partial charge in [0.05, 0.1) is 12.1 Å². The van der Waals surface area contributed by atoms with Crippen LogP contribution in [0.2, 0.25) is 0 Å². The zero-order valence-corrected chi connectivity index (χ0v) is 20.8. The molecule has 1 aliphatic carbocycles. The molecule has 2 amide bonds. The van der Waals surface area contributed by atoms with Gasteiger partial charge in [0.2, 0.25) is 11.8 Å². The lowest BCUT2D eigenvalue weighted by Crippen LogP contribution is -2.59. The number of hydrogen-bond acceptors (Lipinski definition) is 4. The highest BCUT2D eigenvalue weighted by molar-refractivity contribution is 5.90. The Kier molecular flexibility index (Phi) is 9.74. The van der Waals surface area contributed by atoms with E-state index in [1.165, 1.54) is 0 Å². The number of aliphatic carboxylic acids is 1. The van der Waals surface area contributed by atoms with Crippen molar-refractivity contribution >= 4 is 17.8 Å². The number of amides is 2. The predicted molar refractivity (Wildman–Crippen MR) is 126 cm³/mol. The number of carboxylic acid groups (broad SMARTS) is 1. The van der Waals surface area contributed by atoms with Gasteiger partial charge in [-0.25, -0.2) is 4.79 Å². The van der Waals surface area contributed by atoms with E-state index in [0.717, 1.165) is 51.5 Å². The number of piperidine rings is 1. The molecule has 1 heterocycles. The fourth-order valence-corrected chi connectivity index (χ4v) is 5.22. The molecule has 1 aliphatic heterocycles. The van der Waals surface area contributed by atoms with Crippen LogP contribution in [0, 0.1) is 11.8 Å². The van der Waals surface area contributed by atoms with Crippen molar-refractivity contribution in [2.75, 3.05) is 13.6 Å². The zero-order chi connectivity index (χ0) is 24.0. The fraction of sp³-hybridized carbons (Fsp3) is 0.800. The van der Waals surface area contributed by atoms with Crippen molar-refractivity contribution < 1.29 is 19.5 Å². The van der Waals surface area contributed by atoms with Gasteiger partial charge in [-0.05, 0) is 64.8 Å². The number of nitrogens with zero attached hydrogens (tertiary/aromatic N) is 2. The second-order valence-electron chi connectivity index (χ2n) is 10.2. The van der Waals surface area contributed by atoms with Gasteiger partial charge < -0.3 is 15.3 Å². The molecule has 1 saturated heterocycles. The van der Waals surface area contributed by atoms with Gasteiger partial charge in [-0.1, -0.05) is 39.2 Å². The Bertz CT molecular complexity index is 697. The van der Waals surface area contributed by atoms with Crippen LogP contribution in [0.15, 0.2) is 11.6 Å². The molecule has 7 heteroatoms. The minimum atomic E-state index is -0.983. The lowest BCUT2D eigenvalue weighted by molar-refractivity contribution is -0.140. The Hall–Kier alpha value is -1.89. The Labute approximate surface area is 193 Å². The molecule has 0 aromatic rings. The van der Waals surface area contributed by atoms with Crippen molar-refractivity contribution in [3.8, 4) is 0 Å². The average molecular weight is 450 g/mol. The van der Waals surface area contributed by atoms with E-state index in [9.17, 15) is 19.5 Å². The van der Waals surface area contributed by atoms with Crippen LogP contribution < -0.4 is 5.32 Å². The van der Waals surface area contributed by atoms with Crippen molar-refractivity contribution in [3.05, 3.63) is 11.6 Å². The number of nitrogens with one attached hydrogen (secondary N) is 1. The summed E-state index contributed by atoms with van der Waals surface area (Å²) in [7, 11) is 1.73. The minimum Gasteiger partial charge on any atom is -0.478 e. The highest BCUT2D eigenvalue weighted by Gasteiger charge is 2.39. The molecule has 2 fully saturated rings. The average Bonchev–Trinajstić information content (AvgIpc) is 3.28. The highest BCUT2D eigenvalue weighted by Crippen LogP contribution is 2.30. The lowest BCUT2D eigenvalue weighted by Gasteiger charge is -2.39. The molecule has 0 radical (unpaired) electrons. The Morgan fingerprint density at radius 3 is 2.16 bits per heavy atom. The summed E-state index contributed by atoms with van der Waals surface area (Å²) in [5.74, 6) is -0.973. The van der Waals surface area contributed by atoms with Crippen LogP contribution >= 0.6 is 0 Å². The van der Waals surface area contributed by atoms with Gasteiger partial charge in [-0.2, -0.15) is 0 Å². The van der Waals surface area contributed by atoms with Crippen molar-refractivity contribution in [3.63, 3.8) is 0 Å². The first-order valence-electron chi connectivity index (χ1n) is 12.3. The monoisotopic (exact) mass is 449 g/mol. The van der Waals surface area contributed by atoms with Gasteiger partial charge in [-0.3, -0.25) is 14.5 Å². The number of carbonyl (C=O) groups is 3. The van der Waals surface area contributed by atoms with E-state index >= 15 is 0 Å². The molecule has 7 nitrogen and oxygen atoms in total. The molecule has 32 heavy (non-hydrogen) atoms. The molecule has 2 unspecified atom stereocenters. The van der Waals surface area contributed by atoms with E-state index in [-0.39, 0.29) is 47.3 Å². The number of carbonyl (C=O) groups excluding carboxylic acids is 2. The van der Waals surface area contributed by atoms with E-state index in [4.69, 9.17) is 0 Å². The van der Waals surface area contributed by atoms with E-state index in [0.29, 0.717) is 0 Å². The first-order valence-corrected chi connectivity index (χ1v) is 12.3. The largest absolute Gasteiger partial charge is 0.478 e. The molecule has 0 aromatic heterocycles. The van der Waals surface area contributed by atoms with Gasteiger partial charge in [0, 0.05) is 18.7 Å².